The minimum absolute atomic E-state index is 0.202. The molecule has 0 atom stereocenters. The number of benzene rings is 1. The van der Waals surface area contributed by atoms with Gasteiger partial charge < -0.3 is 10.2 Å². The first-order chi connectivity index (χ1) is 13.0. The molecular formula is C22H24N4O. The molecule has 2 aromatic heterocycles. The molecule has 3 rings (SSSR count). The second-order valence-electron chi connectivity index (χ2n) is 6.70. The maximum absolute atomic E-state index is 12.6. The summed E-state index contributed by atoms with van der Waals surface area (Å²) in [5, 5.41) is 2.95. The number of aromatic nitrogens is 2. The van der Waals surface area contributed by atoms with Gasteiger partial charge in [-0.15, -0.1) is 0 Å². The second-order valence-corrected chi connectivity index (χ2v) is 6.70. The average molecular weight is 360 g/mol. The first kappa shape index (κ1) is 18.6. The molecule has 3 aromatic rings. The Kier molecular flexibility index (Phi) is 5.81. The maximum atomic E-state index is 12.6. The Morgan fingerprint density at radius 2 is 1.81 bits per heavy atom. The van der Waals surface area contributed by atoms with Crippen LogP contribution in [0.2, 0.25) is 0 Å². The predicted molar refractivity (Wildman–Crippen MR) is 109 cm³/mol. The molecule has 5 heteroatoms. The van der Waals surface area contributed by atoms with Crippen LogP contribution in [-0.4, -0.2) is 29.5 Å². The number of anilines is 2. The minimum Gasteiger partial charge on any atom is -0.374 e. The van der Waals surface area contributed by atoms with Crippen LogP contribution < -0.4 is 10.2 Å². The highest BCUT2D eigenvalue weighted by molar-refractivity contribution is 6.03. The third-order valence-corrected chi connectivity index (χ3v) is 4.53. The van der Waals surface area contributed by atoms with Gasteiger partial charge in [0.25, 0.3) is 5.91 Å². The number of hydrogen-bond donors (Lipinski definition) is 1. The molecule has 0 bridgehead atoms. The van der Waals surface area contributed by atoms with E-state index in [0.717, 1.165) is 29.9 Å². The van der Waals surface area contributed by atoms with Gasteiger partial charge in [0.1, 0.15) is 5.69 Å². The van der Waals surface area contributed by atoms with Crippen molar-refractivity contribution in [1.29, 1.82) is 0 Å². The number of carbonyl (C=O) groups is 1. The largest absolute Gasteiger partial charge is 0.374 e. The smallest absolute Gasteiger partial charge is 0.274 e. The lowest BCUT2D eigenvalue weighted by molar-refractivity contribution is 0.102. The third kappa shape index (κ3) is 4.91. The number of likely N-dealkylation sites (N-methyl/N-ethyl adjacent to an activating group) is 1. The minimum atomic E-state index is -0.202. The van der Waals surface area contributed by atoms with E-state index in [-0.39, 0.29) is 5.91 Å². The van der Waals surface area contributed by atoms with Crippen LogP contribution in [0.25, 0.3) is 0 Å². The van der Waals surface area contributed by atoms with E-state index >= 15 is 0 Å². The van der Waals surface area contributed by atoms with Gasteiger partial charge in [0.05, 0.1) is 0 Å². The molecule has 0 aliphatic heterocycles. The van der Waals surface area contributed by atoms with Crippen LogP contribution in [0.3, 0.4) is 0 Å². The highest BCUT2D eigenvalue weighted by Gasteiger charge is 2.11. The summed E-state index contributed by atoms with van der Waals surface area (Å²) in [7, 11) is 2.02. The van der Waals surface area contributed by atoms with E-state index in [0.29, 0.717) is 5.69 Å². The van der Waals surface area contributed by atoms with Crippen molar-refractivity contribution in [2.75, 3.05) is 23.8 Å². The Balaban J connectivity index is 1.67. The molecule has 138 valence electrons. The molecular weight excluding hydrogens is 336 g/mol. The van der Waals surface area contributed by atoms with Crippen LogP contribution in [0, 0.1) is 13.8 Å². The summed E-state index contributed by atoms with van der Waals surface area (Å²) in [6.45, 7) is 4.86. The molecule has 0 radical (unpaired) electrons. The highest BCUT2D eigenvalue weighted by Crippen LogP contribution is 2.18. The molecule has 0 aliphatic rings. The zero-order valence-corrected chi connectivity index (χ0v) is 15.9. The van der Waals surface area contributed by atoms with E-state index < -0.39 is 0 Å². The number of hydrogen-bond acceptors (Lipinski definition) is 4. The van der Waals surface area contributed by atoms with E-state index in [1.165, 1.54) is 11.1 Å². The number of pyridine rings is 2. The quantitative estimate of drug-likeness (QED) is 0.721. The van der Waals surface area contributed by atoms with Crippen molar-refractivity contribution in [3.8, 4) is 0 Å². The Hall–Kier alpha value is -3.21. The molecule has 0 aliphatic carbocycles. The molecule has 2 heterocycles. The number of carbonyl (C=O) groups excluding carboxylic acids is 1. The van der Waals surface area contributed by atoms with E-state index in [4.69, 9.17) is 0 Å². The number of nitrogens with one attached hydrogen (secondary N) is 1. The van der Waals surface area contributed by atoms with Crippen molar-refractivity contribution in [2.45, 2.75) is 20.3 Å². The SMILES string of the molecule is Cc1ccc(NC(=O)c2cc(N(C)CCc3ccncc3)ccn2)c(C)c1. The monoisotopic (exact) mass is 360 g/mol. The Morgan fingerprint density at radius 1 is 1.04 bits per heavy atom. The summed E-state index contributed by atoms with van der Waals surface area (Å²) in [6.07, 6.45) is 6.19. The summed E-state index contributed by atoms with van der Waals surface area (Å²) >= 11 is 0. The van der Waals surface area contributed by atoms with Crippen molar-refractivity contribution in [2.24, 2.45) is 0 Å². The van der Waals surface area contributed by atoms with Gasteiger partial charge in [0.2, 0.25) is 0 Å². The second kappa shape index (κ2) is 8.45. The van der Waals surface area contributed by atoms with Gasteiger partial charge in [-0.25, -0.2) is 0 Å². The zero-order chi connectivity index (χ0) is 19.2. The molecule has 0 saturated carbocycles. The van der Waals surface area contributed by atoms with Crippen LogP contribution in [-0.2, 0) is 6.42 Å². The van der Waals surface area contributed by atoms with Gasteiger partial charge in [-0.3, -0.25) is 14.8 Å². The molecule has 0 spiro atoms. The van der Waals surface area contributed by atoms with Gasteiger partial charge in [0, 0.05) is 43.6 Å². The van der Waals surface area contributed by atoms with Crippen molar-refractivity contribution < 1.29 is 4.79 Å². The summed E-state index contributed by atoms with van der Waals surface area (Å²) in [5.74, 6) is -0.202. The number of aryl methyl sites for hydroxylation is 2. The molecule has 1 amide bonds. The fourth-order valence-corrected chi connectivity index (χ4v) is 2.90. The fraction of sp³-hybridized carbons (Fsp3) is 0.227. The van der Waals surface area contributed by atoms with Crippen LogP contribution in [0.5, 0.6) is 0 Å². The van der Waals surface area contributed by atoms with E-state index in [2.05, 4.69) is 20.2 Å². The van der Waals surface area contributed by atoms with Gasteiger partial charge in [-0.05, 0) is 61.7 Å². The number of rotatable bonds is 6. The lowest BCUT2D eigenvalue weighted by Crippen LogP contribution is -2.21. The molecule has 5 nitrogen and oxygen atoms in total. The van der Waals surface area contributed by atoms with Gasteiger partial charge >= 0.3 is 0 Å². The van der Waals surface area contributed by atoms with Gasteiger partial charge in [0.15, 0.2) is 0 Å². The van der Waals surface area contributed by atoms with E-state index in [1.54, 1.807) is 18.6 Å². The van der Waals surface area contributed by atoms with Crippen molar-refractivity contribution in [3.05, 3.63) is 83.4 Å². The Labute approximate surface area is 160 Å². The Bertz CT molecular complexity index is 925. The van der Waals surface area contributed by atoms with Crippen LogP contribution in [0.4, 0.5) is 11.4 Å². The molecule has 0 unspecified atom stereocenters. The number of amides is 1. The molecule has 1 aromatic carbocycles. The summed E-state index contributed by atoms with van der Waals surface area (Å²) in [6, 6.07) is 13.7. The molecule has 0 saturated heterocycles. The lowest BCUT2D eigenvalue weighted by atomic mass is 10.1. The van der Waals surface area contributed by atoms with Crippen molar-refractivity contribution >= 4 is 17.3 Å². The predicted octanol–water partition coefficient (Wildman–Crippen LogP) is 4.02. The fourth-order valence-electron chi connectivity index (χ4n) is 2.90. The first-order valence-corrected chi connectivity index (χ1v) is 8.97. The van der Waals surface area contributed by atoms with Gasteiger partial charge in [-0.1, -0.05) is 17.7 Å². The van der Waals surface area contributed by atoms with E-state index in [9.17, 15) is 4.79 Å². The zero-order valence-electron chi connectivity index (χ0n) is 15.9. The van der Waals surface area contributed by atoms with Crippen LogP contribution in [0.15, 0.2) is 61.1 Å². The van der Waals surface area contributed by atoms with Crippen molar-refractivity contribution in [1.82, 2.24) is 9.97 Å². The molecule has 1 N–H and O–H groups in total. The third-order valence-electron chi connectivity index (χ3n) is 4.53. The molecule has 27 heavy (non-hydrogen) atoms. The Morgan fingerprint density at radius 3 is 2.56 bits per heavy atom. The normalized spacial score (nSPS) is 10.5. The maximum Gasteiger partial charge on any atom is 0.274 e. The summed E-state index contributed by atoms with van der Waals surface area (Å²) in [4.78, 5) is 23.0. The van der Waals surface area contributed by atoms with Crippen molar-refractivity contribution in [3.63, 3.8) is 0 Å². The topological polar surface area (TPSA) is 58.1 Å². The van der Waals surface area contributed by atoms with Gasteiger partial charge in [-0.2, -0.15) is 0 Å². The van der Waals surface area contributed by atoms with E-state index in [1.807, 2.05) is 63.4 Å². The van der Waals surface area contributed by atoms with Crippen LogP contribution >= 0.6 is 0 Å². The average Bonchev–Trinajstić information content (AvgIpc) is 2.69. The summed E-state index contributed by atoms with van der Waals surface area (Å²) < 4.78 is 0. The van der Waals surface area contributed by atoms with Crippen LogP contribution in [0.1, 0.15) is 27.2 Å². The number of nitrogens with zero attached hydrogens (tertiary/aromatic N) is 3. The first-order valence-electron chi connectivity index (χ1n) is 8.97. The standard InChI is InChI=1S/C22H24N4O/c1-16-4-5-20(17(2)14-16)25-22(27)21-15-19(8-12-24-21)26(3)13-9-18-6-10-23-11-7-18/h4-8,10-12,14-15H,9,13H2,1-3H3,(H,25,27). The lowest BCUT2D eigenvalue weighted by Gasteiger charge is -2.19. The summed E-state index contributed by atoms with van der Waals surface area (Å²) in [5.41, 5.74) is 5.62. The molecule has 0 fully saturated rings. The highest BCUT2D eigenvalue weighted by atomic mass is 16.1.